The Balaban J connectivity index is 2.05. The Bertz CT molecular complexity index is 607. The third-order valence-electron chi connectivity index (χ3n) is 2.71. The zero-order valence-electron chi connectivity index (χ0n) is 11.0. The van der Waals surface area contributed by atoms with Crippen molar-refractivity contribution in [2.75, 3.05) is 6.61 Å². The summed E-state index contributed by atoms with van der Waals surface area (Å²) in [6.45, 7) is 0.467. The van der Waals surface area contributed by atoms with Gasteiger partial charge in [0.25, 0.3) is 0 Å². The number of benzene rings is 1. The van der Waals surface area contributed by atoms with Crippen LogP contribution < -0.4 is 4.74 Å². The lowest BCUT2D eigenvalue weighted by molar-refractivity contribution is 0.260. The van der Waals surface area contributed by atoms with Crippen LogP contribution in [0.1, 0.15) is 22.4 Å². The van der Waals surface area contributed by atoms with E-state index < -0.39 is 0 Å². The minimum Gasteiger partial charge on any atom is -0.488 e. The lowest BCUT2D eigenvalue weighted by atomic mass is 10.2. The maximum Gasteiger partial charge on any atom is 0.125 e. The Morgan fingerprint density at radius 2 is 2.00 bits per heavy atom. The molecule has 0 saturated heterocycles. The normalized spacial score (nSPS) is 9.90. The number of rotatable bonds is 5. The number of hydrogen-bond donors (Lipinski definition) is 2. The van der Waals surface area contributed by atoms with E-state index in [0.717, 1.165) is 16.0 Å². The molecule has 20 heavy (non-hydrogen) atoms. The molecule has 0 unspecified atom stereocenters. The van der Waals surface area contributed by atoms with Crippen LogP contribution in [0, 0.1) is 11.8 Å². The van der Waals surface area contributed by atoms with Gasteiger partial charge < -0.3 is 14.9 Å². The molecule has 0 amide bonds. The molecule has 2 aromatic rings. The molecule has 1 aromatic carbocycles. The summed E-state index contributed by atoms with van der Waals surface area (Å²) in [7, 11) is 0. The number of para-hydroxylation sites is 1. The van der Waals surface area contributed by atoms with Crippen molar-refractivity contribution in [3.8, 4) is 17.6 Å². The zero-order chi connectivity index (χ0) is 14.2. The minimum atomic E-state index is -0.0379. The topological polar surface area (TPSA) is 49.7 Å². The molecular formula is C16H16O3S. The monoisotopic (exact) mass is 288 g/mol. The van der Waals surface area contributed by atoms with Gasteiger partial charge in [-0.25, -0.2) is 0 Å². The molecular weight excluding hydrogens is 272 g/mol. The third-order valence-corrected chi connectivity index (χ3v) is 3.60. The van der Waals surface area contributed by atoms with E-state index >= 15 is 0 Å². The summed E-state index contributed by atoms with van der Waals surface area (Å²) in [6, 6.07) is 9.38. The van der Waals surface area contributed by atoms with E-state index in [2.05, 4.69) is 11.8 Å². The summed E-state index contributed by atoms with van der Waals surface area (Å²) in [4.78, 5) is 1.04. The quantitative estimate of drug-likeness (QED) is 0.831. The third kappa shape index (κ3) is 3.84. The van der Waals surface area contributed by atoms with Crippen LogP contribution in [0.3, 0.4) is 0 Å². The smallest absolute Gasteiger partial charge is 0.125 e. The first-order chi connectivity index (χ1) is 9.85. The van der Waals surface area contributed by atoms with Crippen molar-refractivity contribution in [1.29, 1.82) is 0 Å². The highest BCUT2D eigenvalue weighted by atomic mass is 32.1. The maximum absolute atomic E-state index is 9.25. The predicted octanol–water partition coefficient (Wildman–Crippen LogP) is 2.55. The molecule has 104 valence electrons. The first-order valence-corrected chi connectivity index (χ1v) is 7.20. The molecule has 0 saturated carbocycles. The fourth-order valence-corrected chi connectivity index (χ4v) is 2.44. The van der Waals surface area contributed by atoms with Crippen LogP contribution in [0.2, 0.25) is 0 Å². The molecule has 0 fully saturated rings. The van der Waals surface area contributed by atoms with Gasteiger partial charge in [-0.3, -0.25) is 0 Å². The van der Waals surface area contributed by atoms with E-state index in [-0.39, 0.29) is 13.2 Å². The zero-order valence-corrected chi connectivity index (χ0v) is 11.8. The fraction of sp³-hybridized carbons (Fsp3) is 0.250. The molecule has 2 rings (SSSR count). The summed E-state index contributed by atoms with van der Waals surface area (Å²) in [5, 5.41) is 19.9. The van der Waals surface area contributed by atoms with Crippen molar-refractivity contribution in [2.24, 2.45) is 0 Å². The highest BCUT2D eigenvalue weighted by Crippen LogP contribution is 2.22. The molecule has 0 atom stereocenters. The van der Waals surface area contributed by atoms with Crippen molar-refractivity contribution >= 4 is 11.3 Å². The molecule has 4 heteroatoms. The molecule has 1 aromatic heterocycles. The van der Waals surface area contributed by atoms with Crippen LogP contribution >= 0.6 is 11.3 Å². The maximum atomic E-state index is 9.25. The van der Waals surface area contributed by atoms with Crippen LogP contribution in [-0.4, -0.2) is 16.8 Å². The summed E-state index contributed by atoms with van der Waals surface area (Å²) in [5.41, 5.74) is 1.71. The van der Waals surface area contributed by atoms with Crippen LogP contribution in [0.4, 0.5) is 0 Å². The molecule has 0 spiro atoms. The van der Waals surface area contributed by atoms with Gasteiger partial charge in [-0.2, -0.15) is 0 Å². The van der Waals surface area contributed by atoms with E-state index in [1.165, 1.54) is 0 Å². The Kier molecular flexibility index (Phi) is 5.63. The standard InChI is InChI=1S/C16H16O3S/c17-9-4-3-5-13-8-10-20-16(13)12-19-15-7-2-1-6-14(15)11-18/h1-2,6-8,10,17-18H,4,9,11-12H2. The number of aliphatic hydroxyl groups excluding tert-OH is 2. The second-order valence-electron chi connectivity index (χ2n) is 4.09. The van der Waals surface area contributed by atoms with Gasteiger partial charge in [-0.05, 0) is 17.5 Å². The molecule has 0 aliphatic rings. The van der Waals surface area contributed by atoms with Gasteiger partial charge >= 0.3 is 0 Å². The first kappa shape index (κ1) is 14.6. The minimum absolute atomic E-state index is 0.0379. The van der Waals surface area contributed by atoms with Crippen molar-refractivity contribution < 1.29 is 14.9 Å². The van der Waals surface area contributed by atoms with Crippen molar-refractivity contribution in [3.63, 3.8) is 0 Å². The lowest BCUT2D eigenvalue weighted by Gasteiger charge is -2.09. The van der Waals surface area contributed by atoms with Crippen molar-refractivity contribution in [1.82, 2.24) is 0 Å². The molecule has 3 nitrogen and oxygen atoms in total. The lowest BCUT2D eigenvalue weighted by Crippen LogP contribution is -1.98. The van der Waals surface area contributed by atoms with Gasteiger partial charge in [0.2, 0.25) is 0 Å². The largest absolute Gasteiger partial charge is 0.488 e. The van der Waals surface area contributed by atoms with Crippen molar-refractivity contribution in [2.45, 2.75) is 19.6 Å². The Morgan fingerprint density at radius 1 is 1.15 bits per heavy atom. The number of thiophene rings is 1. The number of hydrogen-bond acceptors (Lipinski definition) is 4. The molecule has 0 aliphatic heterocycles. The van der Waals surface area contributed by atoms with E-state index in [9.17, 15) is 5.11 Å². The average molecular weight is 288 g/mol. The summed E-state index contributed by atoms with van der Waals surface area (Å²) >= 11 is 1.59. The number of ether oxygens (including phenoxy) is 1. The van der Waals surface area contributed by atoms with Gasteiger partial charge in [0.1, 0.15) is 12.4 Å². The Labute approximate surface area is 122 Å². The van der Waals surface area contributed by atoms with E-state index in [0.29, 0.717) is 18.8 Å². The first-order valence-electron chi connectivity index (χ1n) is 6.33. The van der Waals surface area contributed by atoms with Gasteiger partial charge in [-0.1, -0.05) is 30.0 Å². The molecule has 2 N–H and O–H groups in total. The molecule has 1 heterocycles. The average Bonchev–Trinajstić information content (AvgIpc) is 2.93. The number of aliphatic hydroxyl groups is 2. The van der Waals surface area contributed by atoms with Gasteiger partial charge in [0, 0.05) is 17.5 Å². The van der Waals surface area contributed by atoms with Gasteiger partial charge in [0.05, 0.1) is 18.1 Å². The SMILES string of the molecule is OCCC#Cc1ccsc1COc1ccccc1CO. The van der Waals surface area contributed by atoms with Crippen LogP contribution in [0.25, 0.3) is 0 Å². The predicted molar refractivity (Wildman–Crippen MR) is 79.6 cm³/mol. The highest BCUT2D eigenvalue weighted by Gasteiger charge is 2.05. The second-order valence-corrected chi connectivity index (χ2v) is 5.09. The van der Waals surface area contributed by atoms with Crippen molar-refractivity contribution in [3.05, 3.63) is 51.7 Å². The molecule has 0 radical (unpaired) electrons. The second kappa shape index (κ2) is 7.71. The summed E-state index contributed by atoms with van der Waals surface area (Å²) in [5.74, 6) is 6.63. The Hall–Kier alpha value is -1.80. The van der Waals surface area contributed by atoms with Crippen LogP contribution in [0.5, 0.6) is 5.75 Å². The van der Waals surface area contributed by atoms with Crippen LogP contribution in [0.15, 0.2) is 35.7 Å². The van der Waals surface area contributed by atoms with Gasteiger partial charge in [0.15, 0.2) is 0 Å². The highest BCUT2D eigenvalue weighted by molar-refractivity contribution is 7.10. The summed E-state index contributed by atoms with van der Waals surface area (Å²) < 4.78 is 5.75. The van der Waals surface area contributed by atoms with E-state index in [4.69, 9.17) is 9.84 Å². The summed E-state index contributed by atoms with van der Waals surface area (Å²) in [6.07, 6.45) is 0.476. The van der Waals surface area contributed by atoms with E-state index in [1.54, 1.807) is 11.3 Å². The Morgan fingerprint density at radius 3 is 2.80 bits per heavy atom. The van der Waals surface area contributed by atoms with Crippen LogP contribution in [-0.2, 0) is 13.2 Å². The molecule has 0 aliphatic carbocycles. The van der Waals surface area contributed by atoms with Gasteiger partial charge in [-0.15, -0.1) is 11.3 Å². The van der Waals surface area contributed by atoms with E-state index in [1.807, 2.05) is 35.7 Å². The molecule has 0 bridgehead atoms. The fourth-order valence-electron chi connectivity index (χ4n) is 1.70.